The van der Waals surface area contributed by atoms with Crippen molar-refractivity contribution in [3.63, 3.8) is 0 Å². The third kappa shape index (κ3) is 4.31. The minimum atomic E-state index is -0.0174. The summed E-state index contributed by atoms with van der Waals surface area (Å²) in [6.45, 7) is 2.58. The number of halogens is 1. The number of hydrogen-bond acceptors (Lipinski definition) is 4. The Morgan fingerprint density at radius 2 is 1.68 bits per heavy atom. The summed E-state index contributed by atoms with van der Waals surface area (Å²) >= 11 is 0. The summed E-state index contributed by atoms with van der Waals surface area (Å²) in [6.07, 6.45) is 1.93. The molecule has 0 aromatic heterocycles. The summed E-state index contributed by atoms with van der Waals surface area (Å²) in [6, 6.07) is 6.28. The first-order valence-corrected chi connectivity index (χ1v) is 8.39. The molecule has 140 valence electrons. The summed E-state index contributed by atoms with van der Waals surface area (Å²) < 4.78 is 16.6. The Hall–Kier alpha value is -1.22. The minimum absolute atomic E-state index is 0. The molecule has 1 aromatic rings. The van der Waals surface area contributed by atoms with E-state index in [-0.39, 0.29) is 29.4 Å². The van der Waals surface area contributed by atoms with Crippen LogP contribution in [0.25, 0.3) is 0 Å². The van der Waals surface area contributed by atoms with Crippen LogP contribution in [0, 0.1) is 0 Å². The van der Waals surface area contributed by atoms with E-state index in [1.807, 2.05) is 44.1 Å². The fourth-order valence-corrected chi connectivity index (χ4v) is 3.43. The highest BCUT2D eigenvalue weighted by Crippen LogP contribution is 2.41. The van der Waals surface area contributed by atoms with Crippen LogP contribution < -0.4 is 9.47 Å². The Labute approximate surface area is 167 Å². The molecule has 6 nitrogen and oxygen atoms in total. The van der Waals surface area contributed by atoms with Crippen molar-refractivity contribution >= 4 is 29.9 Å². The molecule has 2 heterocycles. The lowest BCUT2D eigenvalue weighted by Gasteiger charge is -2.37. The lowest BCUT2D eigenvalue weighted by atomic mass is 9.74. The van der Waals surface area contributed by atoms with Crippen molar-refractivity contribution in [1.82, 2.24) is 9.80 Å². The molecule has 2 aliphatic rings. The summed E-state index contributed by atoms with van der Waals surface area (Å²) in [4.78, 5) is 9.03. The molecule has 0 unspecified atom stereocenters. The fourth-order valence-electron chi connectivity index (χ4n) is 3.43. The molecule has 0 N–H and O–H groups in total. The number of hydrogen-bond donors (Lipinski definition) is 0. The normalized spacial score (nSPS) is 17.4. The lowest BCUT2D eigenvalue weighted by molar-refractivity contribution is 0.0529. The van der Waals surface area contributed by atoms with Crippen LogP contribution in [0.2, 0.25) is 0 Å². The van der Waals surface area contributed by atoms with Crippen LogP contribution in [0.4, 0.5) is 0 Å². The van der Waals surface area contributed by atoms with E-state index in [0.717, 1.165) is 50.1 Å². The number of ether oxygens (including phenoxy) is 3. The Morgan fingerprint density at radius 1 is 1.04 bits per heavy atom. The van der Waals surface area contributed by atoms with E-state index in [1.54, 1.807) is 0 Å². The summed E-state index contributed by atoms with van der Waals surface area (Å²) in [7, 11) is 8.10. The Balaban J connectivity index is 0.00000225. The molecule has 7 heteroatoms. The molecular weight excluding hydrogens is 433 g/mol. The molecule has 0 saturated carbocycles. The maximum absolute atomic E-state index is 5.62. The smallest absolute Gasteiger partial charge is 0.231 e. The van der Waals surface area contributed by atoms with Crippen molar-refractivity contribution in [2.45, 2.75) is 18.3 Å². The van der Waals surface area contributed by atoms with Gasteiger partial charge in [0.25, 0.3) is 0 Å². The van der Waals surface area contributed by atoms with Crippen molar-refractivity contribution in [3.8, 4) is 11.5 Å². The van der Waals surface area contributed by atoms with Crippen molar-refractivity contribution < 1.29 is 14.2 Å². The molecule has 0 spiro atoms. The summed E-state index contributed by atoms with van der Waals surface area (Å²) in [5.74, 6) is 2.64. The second kappa shape index (κ2) is 8.44. The van der Waals surface area contributed by atoms with Gasteiger partial charge in [-0.3, -0.25) is 4.99 Å². The second-order valence-electron chi connectivity index (χ2n) is 6.87. The maximum Gasteiger partial charge on any atom is 0.231 e. The third-order valence-corrected chi connectivity index (χ3v) is 4.76. The van der Waals surface area contributed by atoms with E-state index in [2.05, 4.69) is 12.1 Å². The van der Waals surface area contributed by atoms with Gasteiger partial charge in [-0.15, -0.1) is 24.0 Å². The van der Waals surface area contributed by atoms with E-state index >= 15 is 0 Å². The number of fused-ring (bicyclic) bond motifs is 1. The first kappa shape index (κ1) is 20.1. The molecule has 2 aliphatic heterocycles. The zero-order chi connectivity index (χ0) is 17.2. The molecule has 0 bridgehead atoms. The van der Waals surface area contributed by atoms with Gasteiger partial charge in [-0.25, -0.2) is 0 Å². The van der Waals surface area contributed by atoms with Gasteiger partial charge in [-0.05, 0) is 30.5 Å². The largest absolute Gasteiger partial charge is 0.454 e. The lowest BCUT2D eigenvalue weighted by Crippen LogP contribution is -2.40. The molecule has 3 rings (SSSR count). The summed E-state index contributed by atoms with van der Waals surface area (Å²) in [5, 5.41) is 0. The average Bonchev–Trinajstić information content (AvgIpc) is 3.02. The van der Waals surface area contributed by atoms with Crippen LogP contribution in [-0.2, 0) is 10.2 Å². The van der Waals surface area contributed by atoms with E-state index in [4.69, 9.17) is 19.2 Å². The van der Waals surface area contributed by atoms with Gasteiger partial charge >= 0.3 is 0 Å². The van der Waals surface area contributed by atoms with E-state index in [0.29, 0.717) is 6.79 Å². The Bertz CT molecular complexity index is 604. The standard InChI is InChI=1S/C18H27N3O3.HI/c1-20(2)17(21(3)4)19-12-18(7-9-22-10-8-18)14-5-6-15-16(11-14)24-13-23-15;/h5-6,11H,7-10,12-13H2,1-4H3;1H. The molecule has 25 heavy (non-hydrogen) atoms. The van der Waals surface area contributed by atoms with Crippen LogP contribution >= 0.6 is 24.0 Å². The zero-order valence-electron chi connectivity index (χ0n) is 15.4. The molecule has 1 aromatic carbocycles. The highest BCUT2D eigenvalue weighted by Gasteiger charge is 2.36. The third-order valence-electron chi connectivity index (χ3n) is 4.76. The first-order valence-electron chi connectivity index (χ1n) is 8.39. The number of rotatable bonds is 3. The predicted molar refractivity (Wildman–Crippen MR) is 109 cm³/mol. The quantitative estimate of drug-likeness (QED) is 0.394. The molecule has 0 radical (unpaired) electrons. The summed E-state index contributed by atoms with van der Waals surface area (Å²) in [5.41, 5.74) is 1.24. The van der Waals surface area contributed by atoms with Crippen molar-refractivity contribution in [2.24, 2.45) is 4.99 Å². The van der Waals surface area contributed by atoms with Crippen LogP contribution in [0.1, 0.15) is 18.4 Å². The molecular formula is C18H28IN3O3. The second-order valence-corrected chi connectivity index (χ2v) is 6.87. The monoisotopic (exact) mass is 461 g/mol. The van der Waals surface area contributed by atoms with Crippen molar-refractivity contribution in [3.05, 3.63) is 23.8 Å². The first-order chi connectivity index (χ1) is 11.5. The van der Waals surface area contributed by atoms with Gasteiger partial charge in [0.1, 0.15) is 0 Å². The fraction of sp³-hybridized carbons (Fsp3) is 0.611. The molecule has 1 fully saturated rings. The van der Waals surface area contributed by atoms with Gasteiger partial charge in [-0.1, -0.05) is 6.07 Å². The molecule has 1 saturated heterocycles. The van der Waals surface area contributed by atoms with Gasteiger partial charge in [0.2, 0.25) is 6.79 Å². The van der Waals surface area contributed by atoms with E-state index in [1.165, 1.54) is 5.56 Å². The number of guanidine groups is 1. The van der Waals surface area contributed by atoms with Crippen LogP contribution in [0.5, 0.6) is 11.5 Å². The average molecular weight is 461 g/mol. The van der Waals surface area contributed by atoms with E-state index in [9.17, 15) is 0 Å². The van der Waals surface area contributed by atoms with Crippen molar-refractivity contribution in [2.75, 3.05) is 54.7 Å². The molecule has 0 atom stereocenters. The number of nitrogens with zero attached hydrogens (tertiary/aromatic N) is 3. The van der Waals surface area contributed by atoms with E-state index < -0.39 is 0 Å². The van der Waals surface area contributed by atoms with Crippen molar-refractivity contribution in [1.29, 1.82) is 0 Å². The molecule has 0 amide bonds. The number of benzene rings is 1. The molecule has 0 aliphatic carbocycles. The van der Waals surface area contributed by atoms with Gasteiger partial charge in [0.05, 0.1) is 6.54 Å². The highest BCUT2D eigenvalue weighted by molar-refractivity contribution is 14.0. The Kier molecular flexibility index (Phi) is 6.79. The Morgan fingerprint density at radius 3 is 2.32 bits per heavy atom. The highest BCUT2D eigenvalue weighted by atomic mass is 127. The maximum atomic E-state index is 5.62. The zero-order valence-corrected chi connectivity index (χ0v) is 17.8. The van der Waals surface area contributed by atoms with Gasteiger partial charge < -0.3 is 24.0 Å². The SMILES string of the molecule is CN(C)C(=NCC1(c2ccc3c(c2)OCO3)CCOCC1)N(C)C.I. The van der Waals surface area contributed by atoms with Gasteiger partial charge in [0, 0.05) is 46.8 Å². The van der Waals surface area contributed by atoms with Crippen LogP contribution in [0.15, 0.2) is 23.2 Å². The van der Waals surface area contributed by atoms with Crippen LogP contribution in [0.3, 0.4) is 0 Å². The predicted octanol–water partition coefficient (Wildman–Crippen LogP) is 2.56. The van der Waals surface area contributed by atoms with Gasteiger partial charge in [-0.2, -0.15) is 0 Å². The minimum Gasteiger partial charge on any atom is -0.454 e. The topological polar surface area (TPSA) is 46.5 Å². The number of aliphatic imine (C=N–C) groups is 1. The van der Waals surface area contributed by atoms with Gasteiger partial charge in [0.15, 0.2) is 17.5 Å². The van der Waals surface area contributed by atoms with Crippen LogP contribution in [-0.4, -0.2) is 70.5 Å².